The van der Waals surface area contributed by atoms with Crippen LogP contribution in [0.1, 0.15) is 13.8 Å². The normalized spacial score (nSPS) is 21.3. The highest BCUT2D eigenvalue weighted by Gasteiger charge is 2.28. The maximum absolute atomic E-state index is 6.41. The third-order valence-corrected chi connectivity index (χ3v) is 5.69. The lowest BCUT2D eigenvalue weighted by atomic mass is 10.1. The molecule has 3 aromatic rings. The minimum Gasteiger partial charge on any atom is -0.353 e. The molecule has 0 amide bonds. The Labute approximate surface area is 159 Å². The standard InChI is InChI=1S/C21H23ClN4/c1-14-12-26(13-15(2)25(14)3)21-17-9-5-7-11-19(17)23-20(24-21)16-8-4-6-10-18(16)22/h4-11,14-15H,12-13H2,1-3H3. The fourth-order valence-corrected chi connectivity index (χ4v) is 3.86. The van der Waals surface area contributed by atoms with Crippen molar-refractivity contribution < 1.29 is 0 Å². The topological polar surface area (TPSA) is 32.3 Å². The van der Waals surface area contributed by atoms with Crippen molar-refractivity contribution in [1.82, 2.24) is 14.9 Å². The first-order chi connectivity index (χ1) is 12.5. The van der Waals surface area contributed by atoms with Gasteiger partial charge in [0.2, 0.25) is 0 Å². The van der Waals surface area contributed by atoms with E-state index in [9.17, 15) is 0 Å². The molecule has 0 spiro atoms. The van der Waals surface area contributed by atoms with Crippen molar-refractivity contribution in [2.75, 3.05) is 25.0 Å². The maximum atomic E-state index is 6.41. The molecule has 1 fully saturated rings. The van der Waals surface area contributed by atoms with Crippen LogP contribution in [0.3, 0.4) is 0 Å². The van der Waals surface area contributed by atoms with E-state index >= 15 is 0 Å². The minimum atomic E-state index is 0.469. The highest BCUT2D eigenvalue weighted by molar-refractivity contribution is 6.33. The van der Waals surface area contributed by atoms with Crippen molar-refractivity contribution in [2.24, 2.45) is 0 Å². The molecule has 134 valence electrons. The number of rotatable bonds is 2. The third-order valence-electron chi connectivity index (χ3n) is 5.36. The van der Waals surface area contributed by atoms with E-state index in [0.717, 1.165) is 35.4 Å². The molecule has 4 nitrogen and oxygen atoms in total. The van der Waals surface area contributed by atoms with Crippen LogP contribution >= 0.6 is 11.6 Å². The van der Waals surface area contributed by atoms with Gasteiger partial charge in [-0.1, -0.05) is 35.9 Å². The van der Waals surface area contributed by atoms with E-state index in [1.54, 1.807) is 0 Å². The van der Waals surface area contributed by atoms with Gasteiger partial charge in [-0.15, -0.1) is 0 Å². The molecule has 2 heterocycles. The predicted molar refractivity (Wildman–Crippen MR) is 109 cm³/mol. The van der Waals surface area contributed by atoms with Crippen molar-refractivity contribution in [2.45, 2.75) is 25.9 Å². The van der Waals surface area contributed by atoms with Crippen LogP contribution in [0.4, 0.5) is 5.82 Å². The lowest BCUT2D eigenvalue weighted by Crippen LogP contribution is -2.55. The molecule has 0 aliphatic carbocycles. The minimum absolute atomic E-state index is 0.469. The molecule has 26 heavy (non-hydrogen) atoms. The zero-order chi connectivity index (χ0) is 18.3. The zero-order valence-corrected chi connectivity index (χ0v) is 16.1. The number of halogens is 1. The molecule has 5 heteroatoms. The van der Waals surface area contributed by atoms with Crippen LogP contribution in [-0.4, -0.2) is 47.1 Å². The number of anilines is 1. The summed E-state index contributed by atoms with van der Waals surface area (Å²) in [5, 5.41) is 1.76. The Morgan fingerprint density at radius 3 is 2.31 bits per heavy atom. The molecule has 2 unspecified atom stereocenters. The summed E-state index contributed by atoms with van der Waals surface area (Å²) in [6, 6.07) is 16.9. The molecular weight excluding hydrogens is 344 g/mol. The smallest absolute Gasteiger partial charge is 0.163 e. The van der Waals surface area contributed by atoms with E-state index in [0.29, 0.717) is 22.9 Å². The van der Waals surface area contributed by atoms with Crippen molar-refractivity contribution in [1.29, 1.82) is 0 Å². The van der Waals surface area contributed by atoms with Crippen LogP contribution < -0.4 is 4.90 Å². The van der Waals surface area contributed by atoms with E-state index in [4.69, 9.17) is 21.6 Å². The second kappa shape index (κ2) is 6.86. The summed E-state index contributed by atoms with van der Waals surface area (Å²) in [6.45, 7) is 6.43. The Morgan fingerprint density at radius 2 is 1.58 bits per heavy atom. The number of likely N-dealkylation sites (N-methyl/N-ethyl adjacent to an activating group) is 1. The highest BCUT2D eigenvalue weighted by atomic mass is 35.5. The summed E-state index contributed by atoms with van der Waals surface area (Å²) >= 11 is 6.41. The zero-order valence-electron chi connectivity index (χ0n) is 15.4. The number of hydrogen-bond donors (Lipinski definition) is 0. The fraction of sp³-hybridized carbons (Fsp3) is 0.333. The number of fused-ring (bicyclic) bond motifs is 1. The number of aromatic nitrogens is 2. The SMILES string of the molecule is CC1CN(c2nc(-c3ccccc3Cl)nc3ccccc23)CC(C)N1C. The van der Waals surface area contributed by atoms with Crippen molar-refractivity contribution in [3.63, 3.8) is 0 Å². The maximum Gasteiger partial charge on any atom is 0.163 e. The van der Waals surface area contributed by atoms with Gasteiger partial charge < -0.3 is 4.90 Å². The van der Waals surface area contributed by atoms with Gasteiger partial charge in [0.15, 0.2) is 5.82 Å². The van der Waals surface area contributed by atoms with Crippen LogP contribution in [-0.2, 0) is 0 Å². The van der Waals surface area contributed by atoms with Crippen molar-refractivity contribution >= 4 is 28.3 Å². The average Bonchev–Trinajstić information content (AvgIpc) is 2.65. The van der Waals surface area contributed by atoms with Gasteiger partial charge in [0, 0.05) is 36.1 Å². The molecule has 0 bridgehead atoms. The van der Waals surface area contributed by atoms with E-state index in [1.807, 2.05) is 42.5 Å². The summed E-state index contributed by atoms with van der Waals surface area (Å²) in [5.41, 5.74) is 1.82. The molecule has 4 rings (SSSR count). The number of nitrogens with zero attached hydrogens (tertiary/aromatic N) is 4. The monoisotopic (exact) mass is 366 g/mol. The lowest BCUT2D eigenvalue weighted by Gasteiger charge is -2.43. The number of benzene rings is 2. The van der Waals surface area contributed by atoms with Gasteiger partial charge in [0.25, 0.3) is 0 Å². The van der Waals surface area contributed by atoms with Gasteiger partial charge in [-0.25, -0.2) is 9.97 Å². The van der Waals surface area contributed by atoms with E-state index in [2.05, 4.69) is 36.8 Å². The first-order valence-electron chi connectivity index (χ1n) is 9.03. The van der Waals surface area contributed by atoms with Crippen LogP contribution in [0.5, 0.6) is 0 Å². The summed E-state index contributed by atoms with van der Waals surface area (Å²) < 4.78 is 0. The van der Waals surface area contributed by atoms with Crippen LogP contribution in [0.2, 0.25) is 5.02 Å². The quantitative estimate of drug-likeness (QED) is 0.669. The molecule has 0 radical (unpaired) electrons. The van der Waals surface area contributed by atoms with Crippen LogP contribution in [0.25, 0.3) is 22.3 Å². The molecule has 0 saturated carbocycles. The summed E-state index contributed by atoms with van der Waals surface area (Å²) in [4.78, 5) is 14.6. The molecule has 0 N–H and O–H groups in total. The van der Waals surface area contributed by atoms with E-state index in [-0.39, 0.29) is 0 Å². The first-order valence-corrected chi connectivity index (χ1v) is 9.41. The Bertz CT molecular complexity index is 930. The molecule has 2 atom stereocenters. The second-order valence-electron chi connectivity index (χ2n) is 7.14. The Morgan fingerprint density at radius 1 is 0.923 bits per heavy atom. The van der Waals surface area contributed by atoms with Gasteiger partial charge in [-0.3, -0.25) is 4.90 Å². The van der Waals surface area contributed by atoms with Crippen molar-refractivity contribution in [3.05, 3.63) is 53.6 Å². The number of piperazine rings is 1. The molecule has 2 aromatic carbocycles. The highest BCUT2D eigenvalue weighted by Crippen LogP contribution is 2.32. The molecular formula is C21H23ClN4. The van der Waals surface area contributed by atoms with Gasteiger partial charge in [0.1, 0.15) is 5.82 Å². The Kier molecular flexibility index (Phi) is 4.55. The van der Waals surface area contributed by atoms with Gasteiger partial charge in [0.05, 0.1) is 10.5 Å². The number of hydrogen-bond acceptors (Lipinski definition) is 4. The predicted octanol–water partition coefficient (Wildman–Crippen LogP) is 4.48. The van der Waals surface area contributed by atoms with Gasteiger partial charge >= 0.3 is 0 Å². The largest absolute Gasteiger partial charge is 0.353 e. The third kappa shape index (κ3) is 3.04. The van der Waals surface area contributed by atoms with Gasteiger partial charge in [-0.2, -0.15) is 0 Å². The van der Waals surface area contributed by atoms with Crippen molar-refractivity contribution in [3.8, 4) is 11.4 Å². The lowest BCUT2D eigenvalue weighted by molar-refractivity contribution is 0.170. The summed E-state index contributed by atoms with van der Waals surface area (Å²) in [5.74, 6) is 1.68. The molecule has 1 saturated heterocycles. The second-order valence-corrected chi connectivity index (χ2v) is 7.54. The van der Waals surface area contributed by atoms with E-state index in [1.165, 1.54) is 0 Å². The Hall–Kier alpha value is -2.17. The molecule has 1 aliphatic heterocycles. The Balaban J connectivity index is 1.87. The van der Waals surface area contributed by atoms with E-state index < -0.39 is 0 Å². The first kappa shape index (κ1) is 17.3. The van der Waals surface area contributed by atoms with Crippen LogP contribution in [0.15, 0.2) is 48.5 Å². The molecule has 1 aliphatic rings. The van der Waals surface area contributed by atoms with Gasteiger partial charge in [-0.05, 0) is 45.2 Å². The number of para-hydroxylation sites is 1. The summed E-state index contributed by atoms with van der Waals surface area (Å²) in [7, 11) is 2.19. The molecule has 1 aromatic heterocycles. The average molecular weight is 367 g/mol. The van der Waals surface area contributed by atoms with Crippen LogP contribution in [0, 0.1) is 0 Å². The fourth-order valence-electron chi connectivity index (χ4n) is 3.64. The summed E-state index contributed by atoms with van der Waals surface area (Å²) in [6.07, 6.45) is 0.